The molecule has 1 amide bonds. The fourth-order valence-corrected chi connectivity index (χ4v) is 5.61. The topological polar surface area (TPSA) is 81.7 Å². The number of nitrogens with one attached hydrogen (secondary N) is 1. The smallest absolute Gasteiger partial charge is 0.337 e. The van der Waals surface area contributed by atoms with Gasteiger partial charge in [-0.15, -0.1) is 0 Å². The number of benzene rings is 1. The van der Waals surface area contributed by atoms with Gasteiger partial charge in [-0.25, -0.2) is 9.59 Å². The standard InChI is InChI=1S/C27H39NO5/c1-32-26(30)22-16-23(27(31)33-2)18-24(17-22)28-25(29)21-13-9-8-12-20(14-15-21)19-10-6-4-3-5-7-11-19/h16-21H,3-15H2,1-2H3,(H,28,29). The summed E-state index contributed by atoms with van der Waals surface area (Å²) in [6, 6.07) is 4.52. The van der Waals surface area contributed by atoms with Crippen LogP contribution in [0, 0.1) is 17.8 Å². The SMILES string of the molecule is COC(=O)c1cc(NC(=O)C2CCCCC(C3CCCCCCC3)CC2)cc(C(=O)OC)c1. The van der Waals surface area contributed by atoms with Crippen molar-refractivity contribution < 1.29 is 23.9 Å². The molecule has 2 atom stereocenters. The zero-order valence-electron chi connectivity index (χ0n) is 20.2. The summed E-state index contributed by atoms with van der Waals surface area (Å²) in [5.41, 5.74) is 0.831. The Labute approximate surface area is 197 Å². The van der Waals surface area contributed by atoms with Crippen molar-refractivity contribution in [3.8, 4) is 0 Å². The Kier molecular flexibility index (Phi) is 9.76. The minimum atomic E-state index is -0.566. The number of rotatable bonds is 5. The average Bonchev–Trinajstić information content (AvgIpc) is 2.78. The quantitative estimate of drug-likeness (QED) is 0.537. The van der Waals surface area contributed by atoms with Crippen LogP contribution in [0.2, 0.25) is 0 Å². The predicted octanol–water partition coefficient (Wildman–Crippen LogP) is 6.15. The van der Waals surface area contributed by atoms with Gasteiger partial charge in [0.2, 0.25) is 5.91 Å². The second-order valence-corrected chi connectivity index (χ2v) is 9.70. The lowest BCUT2D eigenvalue weighted by Crippen LogP contribution is -2.27. The molecule has 0 saturated heterocycles. The van der Waals surface area contributed by atoms with Gasteiger partial charge in [-0.3, -0.25) is 4.79 Å². The zero-order chi connectivity index (χ0) is 23.6. The van der Waals surface area contributed by atoms with Crippen molar-refractivity contribution in [2.75, 3.05) is 19.5 Å². The molecule has 2 aliphatic rings. The van der Waals surface area contributed by atoms with Crippen LogP contribution in [0.1, 0.15) is 104 Å². The highest BCUT2D eigenvalue weighted by Gasteiger charge is 2.27. The molecular formula is C27H39NO5. The maximum Gasteiger partial charge on any atom is 0.337 e. The number of esters is 2. The second-order valence-electron chi connectivity index (χ2n) is 9.70. The molecule has 0 aliphatic heterocycles. The van der Waals surface area contributed by atoms with Gasteiger partial charge in [0, 0.05) is 11.6 Å². The lowest BCUT2D eigenvalue weighted by atomic mass is 9.74. The van der Waals surface area contributed by atoms with Crippen molar-refractivity contribution >= 4 is 23.5 Å². The van der Waals surface area contributed by atoms with Gasteiger partial charge in [0.1, 0.15) is 0 Å². The number of hydrogen-bond donors (Lipinski definition) is 1. The third-order valence-electron chi connectivity index (χ3n) is 7.49. The first-order valence-corrected chi connectivity index (χ1v) is 12.6. The van der Waals surface area contributed by atoms with Crippen LogP contribution in [-0.2, 0) is 14.3 Å². The number of methoxy groups -OCH3 is 2. The van der Waals surface area contributed by atoms with Crippen LogP contribution in [0.5, 0.6) is 0 Å². The van der Waals surface area contributed by atoms with Crippen molar-refractivity contribution in [3.63, 3.8) is 0 Å². The molecule has 0 radical (unpaired) electrons. The molecule has 0 aromatic heterocycles. The van der Waals surface area contributed by atoms with Crippen LogP contribution in [0.3, 0.4) is 0 Å². The second kappa shape index (κ2) is 12.8. The number of amides is 1. The molecule has 2 unspecified atom stereocenters. The first-order chi connectivity index (χ1) is 16.0. The summed E-state index contributed by atoms with van der Waals surface area (Å²) in [7, 11) is 2.57. The van der Waals surface area contributed by atoms with E-state index in [-0.39, 0.29) is 23.0 Å². The van der Waals surface area contributed by atoms with Gasteiger partial charge in [0.15, 0.2) is 0 Å². The van der Waals surface area contributed by atoms with Crippen LogP contribution < -0.4 is 5.32 Å². The summed E-state index contributed by atoms with van der Waals surface area (Å²) >= 11 is 0. The number of anilines is 1. The molecule has 2 fully saturated rings. The molecule has 3 rings (SSSR count). The molecule has 0 heterocycles. The lowest BCUT2D eigenvalue weighted by Gasteiger charge is -2.32. The normalized spacial score (nSPS) is 22.7. The van der Waals surface area contributed by atoms with E-state index in [9.17, 15) is 14.4 Å². The van der Waals surface area contributed by atoms with E-state index in [4.69, 9.17) is 9.47 Å². The average molecular weight is 458 g/mol. The molecule has 0 bridgehead atoms. The van der Waals surface area contributed by atoms with Gasteiger partial charge in [-0.05, 0) is 49.3 Å². The van der Waals surface area contributed by atoms with Gasteiger partial charge in [-0.2, -0.15) is 0 Å². The monoisotopic (exact) mass is 457 g/mol. The van der Waals surface area contributed by atoms with Gasteiger partial charge < -0.3 is 14.8 Å². The van der Waals surface area contributed by atoms with Crippen molar-refractivity contribution in [3.05, 3.63) is 29.3 Å². The first kappa shape index (κ1) is 25.3. The number of carbonyl (C=O) groups excluding carboxylic acids is 3. The van der Waals surface area contributed by atoms with Crippen molar-refractivity contribution in [2.24, 2.45) is 17.8 Å². The summed E-state index contributed by atoms with van der Waals surface area (Å²) in [6.07, 6.45) is 15.9. The molecule has 2 saturated carbocycles. The maximum absolute atomic E-state index is 13.2. The van der Waals surface area contributed by atoms with Crippen LogP contribution in [0.15, 0.2) is 18.2 Å². The van der Waals surface area contributed by atoms with Gasteiger partial charge >= 0.3 is 11.9 Å². The minimum absolute atomic E-state index is 0.0360. The number of carbonyl (C=O) groups is 3. The van der Waals surface area contributed by atoms with E-state index in [2.05, 4.69) is 5.32 Å². The van der Waals surface area contributed by atoms with E-state index >= 15 is 0 Å². The minimum Gasteiger partial charge on any atom is -0.465 e. The number of hydrogen-bond acceptors (Lipinski definition) is 5. The molecule has 1 aromatic carbocycles. The van der Waals surface area contributed by atoms with Crippen LogP contribution in [0.4, 0.5) is 5.69 Å². The molecule has 182 valence electrons. The van der Waals surface area contributed by atoms with Crippen LogP contribution >= 0.6 is 0 Å². The van der Waals surface area contributed by atoms with Gasteiger partial charge in [0.25, 0.3) is 0 Å². The summed E-state index contributed by atoms with van der Waals surface area (Å²) in [6.45, 7) is 0. The molecule has 1 N–H and O–H groups in total. The Hall–Kier alpha value is -2.37. The highest BCUT2D eigenvalue weighted by molar-refractivity contribution is 5.99. The third kappa shape index (κ3) is 7.31. The molecule has 2 aliphatic carbocycles. The van der Waals surface area contributed by atoms with Crippen LogP contribution in [-0.4, -0.2) is 32.1 Å². The van der Waals surface area contributed by atoms with Crippen molar-refractivity contribution in [2.45, 2.75) is 83.5 Å². The van der Waals surface area contributed by atoms with Crippen molar-refractivity contribution in [1.82, 2.24) is 0 Å². The Balaban J connectivity index is 1.67. The Morgan fingerprint density at radius 3 is 1.73 bits per heavy atom. The van der Waals surface area contributed by atoms with E-state index < -0.39 is 11.9 Å². The van der Waals surface area contributed by atoms with E-state index in [0.717, 1.165) is 37.5 Å². The largest absolute Gasteiger partial charge is 0.465 e. The van der Waals surface area contributed by atoms with E-state index in [1.54, 1.807) is 12.1 Å². The molecule has 1 aromatic rings. The summed E-state index contributed by atoms with van der Waals surface area (Å²) < 4.78 is 9.59. The Morgan fingerprint density at radius 1 is 0.667 bits per heavy atom. The Morgan fingerprint density at radius 2 is 1.15 bits per heavy atom. The molecule has 0 spiro atoms. The highest BCUT2D eigenvalue weighted by atomic mass is 16.5. The number of ether oxygens (including phenoxy) is 2. The fourth-order valence-electron chi connectivity index (χ4n) is 5.61. The van der Waals surface area contributed by atoms with E-state index in [1.807, 2.05) is 0 Å². The van der Waals surface area contributed by atoms with Crippen molar-refractivity contribution in [1.29, 1.82) is 0 Å². The Bertz CT molecular complexity index is 778. The lowest BCUT2D eigenvalue weighted by molar-refractivity contribution is -0.120. The predicted molar refractivity (Wildman–Crippen MR) is 128 cm³/mol. The molecule has 33 heavy (non-hydrogen) atoms. The third-order valence-corrected chi connectivity index (χ3v) is 7.49. The highest BCUT2D eigenvalue weighted by Crippen LogP contribution is 2.37. The first-order valence-electron chi connectivity index (χ1n) is 12.6. The fraction of sp³-hybridized carbons (Fsp3) is 0.667. The molecular weight excluding hydrogens is 418 g/mol. The summed E-state index contributed by atoms with van der Waals surface area (Å²) in [5.74, 6) is 0.322. The zero-order valence-corrected chi connectivity index (χ0v) is 20.2. The van der Waals surface area contributed by atoms with Crippen LogP contribution in [0.25, 0.3) is 0 Å². The molecule has 6 nitrogen and oxygen atoms in total. The summed E-state index contributed by atoms with van der Waals surface area (Å²) in [5, 5.41) is 2.96. The van der Waals surface area contributed by atoms with E-state index in [1.165, 1.54) is 78.1 Å². The molecule has 6 heteroatoms. The van der Waals surface area contributed by atoms with Gasteiger partial charge in [0.05, 0.1) is 25.3 Å². The summed E-state index contributed by atoms with van der Waals surface area (Å²) in [4.78, 5) is 37.3. The van der Waals surface area contributed by atoms with E-state index in [0.29, 0.717) is 5.69 Å². The maximum atomic E-state index is 13.2. The van der Waals surface area contributed by atoms with Gasteiger partial charge in [-0.1, -0.05) is 64.2 Å².